The van der Waals surface area contributed by atoms with Crippen molar-refractivity contribution in [2.45, 2.75) is 50.4 Å². The summed E-state index contributed by atoms with van der Waals surface area (Å²) in [4.78, 5) is 2.58. The standard InChI is InChI=1S/C12H18N4/c13-9-6-11-3-4-12(7-9)16(11)8-10-2-1-5-14-15-10/h1-2,5,9,11-12H,3-4,6-8,13H2. The fourth-order valence-corrected chi connectivity index (χ4v) is 3.18. The lowest BCUT2D eigenvalue weighted by atomic mass is 9.98. The number of hydrogen-bond acceptors (Lipinski definition) is 4. The van der Waals surface area contributed by atoms with Gasteiger partial charge in [0.05, 0.1) is 5.69 Å². The van der Waals surface area contributed by atoms with E-state index in [-0.39, 0.29) is 0 Å². The Morgan fingerprint density at radius 1 is 1.31 bits per heavy atom. The third kappa shape index (κ3) is 1.83. The molecule has 0 aromatic carbocycles. The zero-order chi connectivity index (χ0) is 11.0. The van der Waals surface area contributed by atoms with Crippen molar-refractivity contribution in [3.8, 4) is 0 Å². The Kier molecular flexibility index (Phi) is 2.61. The van der Waals surface area contributed by atoms with Crippen molar-refractivity contribution < 1.29 is 0 Å². The molecule has 2 unspecified atom stereocenters. The Balaban J connectivity index is 1.72. The van der Waals surface area contributed by atoms with E-state index < -0.39 is 0 Å². The lowest BCUT2D eigenvalue weighted by Crippen LogP contribution is -2.46. The molecule has 16 heavy (non-hydrogen) atoms. The number of nitrogens with zero attached hydrogens (tertiary/aromatic N) is 3. The highest BCUT2D eigenvalue weighted by molar-refractivity contribution is 5.03. The first kappa shape index (κ1) is 10.2. The normalized spacial score (nSPS) is 34.2. The van der Waals surface area contributed by atoms with Crippen LogP contribution in [-0.2, 0) is 6.54 Å². The van der Waals surface area contributed by atoms with Gasteiger partial charge in [-0.05, 0) is 37.8 Å². The molecule has 2 N–H and O–H groups in total. The average molecular weight is 218 g/mol. The zero-order valence-corrected chi connectivity index (χ0v) is 9.42. The molecule has 2 aliphatic heterocycles. The molecular weight excluding hydrogens is 200 g/mol. The van der Waals surface area contributed by atoms with Crippen LogP contribution < -0.4 is 5.73 Å². The molecule has 2 aliphatic rings. The van der Waals surface area contributed by atoms with Gasteiger partial charge in [-0.25, -0.2) is 0 Å². The molecule has 3 heterocycles. The van der Waals surface area contributed by atoms with Crippen LogP contribution in [0.1, 0.15) is 31.4 Å². The first-order valence-corrected chi connectivity index (χ1v) is 6.11. The van der Waals surface area contributed by atoms with Crippen molar-refractivity contribution in [2.24, 2.45) is 5.73 Å². The van der Waals surface area contributed by atoms with Gasteiger partial charge in [0.2, 0.25) is 0 Å². The molecule has 2 atom stereocenters. The van der Waals surface area contributed by atoms with Gasteiger partial charge in [-0.2, -0.15) is 10.2 Å². The van der Waals surface area contributed by atoms with Crippen molar-refractivity contribution in [2.75, 3.05) is 0 Å². The van der Waals surface area contributed by atoms with Crippen molar-refractivity contribution in [1.29, 1.82) is 0 Å². The largest absolute Gasteiger partial charge is 0.328 e. The van der Waals surface area contributed by atoms with E-state index in [2.05, 4.69) is 21.2 Å². The van der Waals surface area contributed by atoms with Gasteiger partial charge >= 0.3 is 0 Å². The maximum atomic E-state index is 6.06. The summed E-state index contributed by atoms with van der Waals surface area (Å²) >= 11 is 0. The van der Waals surface area contributed by atoms with E-state index in [1.165, 1.54) is 12.8 Å². The van der Waals surface area contributed by atoms with E-state index in [9.17, 15) is 0 Å². The van der Waals surface area contributed by atoms with E-state index in [0.29, 0.717) is 18.1 Å². The Morgan fingerprint density at radius 2 is 2.06 bits per heavy atom. The highest BCUT2D eigenvalue weighted by Gasteiger charge is 2.39. The minimum atomic E-state index is 0.413. The maximum Gasteiger partial charge on any atom is 0.0771 e. The molecule has 0 amide bonds. The summed E-state index contributed by atoms with van der Waals surface area (Å²) in [7, 11) is 0. The minimum absolute atomic E-state index is 0.413. The summed E-state index contributed by atoms with van der Waals surface area (Å²) in [6.45, 7) is 0.940. The van der Waals surface area contributed by atoms with Gasteiger partial charge in [0, 0.05) is 30.9 Å². The van der Waals surface area contributed by atoms with Crippen LogP contribution >= 0.6 is 0 Å². The molecule has 86 valence electrons. The molecule has 4 nitrogen and oxygen atoms in total. The van der Waals surface area contributed by atoms with Gasteiger partial charge in [0.15, 0.2) is 0 Å². The summed E-state index contributed by atoms with van der Waals surface area (Å²) < 4.78 is 0. The molecule has 0 radical (unpaired) electrons. The molecular formula is C12H18N4. The number of aromatic nitrogens is 2. The van der Waals surface area contributed by atoms with Crippen molar-refractivity contribution in [3.05, 3.63) is 24.0 Å². The van der Waals surface area contributed by atoms with Gasteiger partial charge in [0.1, 0.15) is 0 Å². The Morgan fingerprint density at radius 3 is 2.69 bits per heavy atom. The van der Waals surface area contributed by atoms with Gasteiger partial charge in [-0.1, -0.05) is 0 Å². The third-order valence-electron chi connectivity index (χ3n) is 3.89. The van der Waals surface area contributed by atoms with E-state index in [1.54, 1.807) is 6.20 Å². The van der Waals surface area contributed by atoms with Gasteiger partial charge < -0.3 is 5.73 Å². The zero-order valence-electron chi connectivity index (χ0n) is 9.42. The molecule has 4 heteroatoms. The van der Waals surface area contributed by atoms with Crippen LogP contribution in [0.3, 0.4) is 0 Å². The highest BCUT2D eigenvalue weighted by Crippen LogP contribution is 2.35. The Labute approximate surface area is 95.8 Å². The molecule has 0 spiro atoms. The van der Waals surface area contributed by atoms with Crippen molar-refractivity contribution in [3.63, 3.8) is 0 Å². The van der Waals surface area contributed by atoms with Gasteiger partial charge in [-0.15, -0.1) is 0 Å². The van der Waals surface area contributed by atoms with Crippen LogP contribution in [-0.4, -0.2) is 33.2 Å². The summed E-state index contributed by atoms with van der Waals surface area (Å²) in [5.41, 5.74) is 7.14. The maximum absolute atomic E-state index is 6.06. The van der Waals surface area contributed by atoms with Crippen LogP contribution in [0.25, 0.3) is 0 Å². The topological polar surface area (TPSA) is 55.0 Å². The first-order chi connectivity index (χ1) is 7.83. The number of piperidine rings is 1. The number of fused-ring (bicyclic) bond motifs is 2. The van der Waals surface area contributed by atoms with E-state index in [0.717, 1.165) is 25.1 Å². The second-order valence-electron chi connectivity index (χ2n) is 5.00. The number of hydrogen-bond donors (Lipinski definition) is 1. The predicted molar refractivity (Wildman–Crippen MR) is 61.6 cm³/mol. The smallest absolute Gasteiger partial charge is 0.0771 e. The number of rotatable bonds is 2. The number of nitrogens with two attached hydrogens (primary N) is 1. The summed E-state index contributed by atoms with van der Waals surface area (Å²) in [5.74, 6) is 0. The predicted octanol–water partition coefficient (Wildman–Crippen LogP) is 0.931. The molecule has 2 fully saturated rings. The van der Waals surface area contributed by atoms with E-state index in [4.69, 9.17) is 5.73 Å². The highest BCUT2D eigenvalue weighted by atomic mass is 15.2. The van der Waals surface area contributed by atoms with Crippen molar-refractivity contribution in [1.82, 2.24) is 15.1 Å². The SMILES string of the molecule is NC1CC2CCC(C1)N2Cc1cccnn1. The summed E-state index contributed by atoms with van der Waals surface area (Å²) in [6.07, 6.45) is 6.63. The fourth-order valence-electron chi connectivity index (χ4n) is 3.18. The van der Waals surface area contributed by atoms with Crippen LogP contribution in [0.2, 0.25) is 0 Å². The quantitative estimate of drug-likeness (QED) is 0.802. The molecule has 1 aromatic rings. The second-order valence-corrected chi connectivity index (χ2v) is 5.00. The molecule has 0 saturated carbocycles. The molecule has 2 bridgehead atoms. The lowest BCUT2D eigenvalue weighted by Gasteiger charge is -2.37. The third-order valence-corrected chi connectivity index (χ3v) is 3.89. The minimum Gasteiger partial charge on any atom is -0.328 e. The first-order valence-electron chi connectivity index (χ1n) is 6.11. The molecule has 1 aromatic heterocycles. The Bertz CT molecular complexity index is 339. The van der Waals surface area contributed by atoms with Crippen LogP contribution in [0.4, 0.5) is 0 Å². The Hall–Kier alpha value is -1.00. The monoisotopic (exact) mass is 218 g/mol. The molecule has 2 saturated heterocycles. The summed E-state index contributed by atoms with van der Waals surface area (Å²) in [5, 5.41) is 8.10. The molecule has 3 rings (SSSR count). The van der Waals surface area contributed by atoms with E-state index in [1.807, 2.05) is 6.07 Å². The lowest BCUT2D eigenvalue weighted by molar-refractivity contribution is 0.118. The van der Waals surface area contributed by atoms with Crippen LogP contribution in [0, 0.1) is 0 Å². The van der Waals surface area contributed by atoms with Crippen LogP contribution in [0.15, 0.2) is 18.3 Å². The second kappa shape index (κ2) is 4.11. The summed E-state index contributed by atoms with van der Waals surface area (Å²) in [6, 6.07) is 5.78. The fraction of sp³-hybridized carbons (Fsp3) is 0.667. The van der Waals surface area contributed by atoms with Crippen LogP contribution in [0.5, 0.6) is 0 Å². The van der Waals surface area contributed by atoms with Gasteiger partial charge in [0.25, 0.3) is 0 Å². The van der Waals surface area contributed by atoms with Crippen molar-refractivity contribution >= 4 is 0 Å². The average Bonchev–Trinajstić information content (AvgIpc) is 2.54. The van der Waals surface area contributed by atoms with Gasteiger partial charge in [-0.3, -0.25) is 4.90 Å². The van der Waals surface area contributed by atoms with E-state index >= 15 is 0 Å². The molecule has 0 aliphatic carbocycles.